The third kappa shape index (κ3) is 3.34. The lowest BCUT2D eigenvalue weighted by molar-refractivity contribution is -0.274. The van der Waals surface area contributed by atoms with Gasteiger partial charge < -0.3 is 9.47 Å². The smallest absolute Gasteiger partial charge is 0.465 e. The third-order valence-electron chi connectivity index (χ3n) is 1.61. The number of carbonyl (C=O) groups is 1. The Bertz CT molecular complexity index is 479. The van der Waals surface area contributed by atoms with E-state index < -0.39 is 23.6 Å². The summed E-state index contributed by atoms with van der Waals surface area (Å²) in [5.41, 5.74) is -0.819. The van der Waals surface area contributed by atoms with Crippen molar-refractivity contribution in [3.8, 4) is 11.8 Å². The Kier molecular flexibility index (Phi) is 3.52. The predicted molar refractivity (Wildman–Crippen MR) is 47.0 cm³/mol. The van der Waals surface area contributed by atoms with Crippen molar-refractivity contribution in [2.75, 3.05) is 7.11 Å². The molecular weight excluding hydrogens is 241 g/mol. The monoisotopic (exact) mass is 246 g/mol. The average Bonchev–Trinajstić information content (AvgIpc) is 2.25. The van der Waals surface area contributed by atoms with Gasteiger partial charge in [0.15, 0.2) is 0 Å². The topological polar surface area (TPSA) is 72.2 Å². The third-order valence-corrected chi connectivity index (χ3v) is 1.61. The highest BCUT2D eigenvalue weighted by atomic mass is 19.4. The largest absolute Gasteiger partial charge is 0.573 e. The SMILES string of the molecule is COC(=O)c1cnc(C#N)cc1OC(F)(F)F. The molecule has 0 N–H and O–H groups in total. The summed E-state index contributed by atoms with van der Waals surface area (Å²) >= 11 is 0. The average molecular weight is 246 g/mol. The molecule has 0 amide bonds. The number of alkyl halides is 3. The van der Waals surface area contributed by atoms with Crippen LogP contribution in [0.15, 0.2) is 12.3 Å². The number of hydrogen-bond acceptors (Lipinski definition) is 5. The highest BCUT2D eigenvalue weighted by Crippen LogP contribution is 2.26. The molecule has 17 heavy (non-hydrogen) atoms. The quantitative estimate of drug-likeness (QED) is 0.741. The summed E-state index contributed by atoms with van der Waals surface area (Å²) in [5, 5.41) is 8.48. The number of methoxy groups -OCH3 is 1. The Morgan fingerprint density at radius 3 is 2.65 bits per heavy atom. The van der Waals surface area contributed by atoms with Gasteiger partial charge in [0.25, 0.3) is 0 Å². The summed E-state index contributed by atoms with van der Waals surface area (Å²) in [6.45, 7) is 0. The van der Waals surface area contributed by atoms with Gasteiger partial charge in [-0.1, -0.05) is 0 Å². The maximum atomic E-state index is 12.0. The molecule has 0 atom stereocenters. The standard InChI is InChI=1S/C9H5F3N2O3/c1-16-8(15)6-4-14-5(3-13)2-7(6)17-9(10,11)12/h2,4H,1H3. The number of carbonyl (C=O) groups excluding carboxylic acids is 1. The zero-order chi connectivity index (χ0) is 13.1. The second kappa shape index (κ2) is 4.69. The van der Waals surface area contributed by atoms with Crippen LogP contribution in [-0.2, 0) is 4.74 Å². The first-order valence-corrected chi connectivity index (χ1v) is 4.11. The number of aromatic nitrogens is 1. The predicted octanol–water partition coefficient (Wildman–Crippen LogP) is 1.64. The van der Waals surface area contributed by atoms with Gasteiger partial charge in [0, 0.05) is 12.3 Å². The van der Waals surface area contributed by atoms with E-state index in [9.17, 15) is 18.0 Å². The molecule has 0 aliphatic rings. The zero-order valence-electron chi connectivity index (χ0n) is 8.41. The molecule has 8 heteroatoms. The van der Waals surface area contributed by atoms with E-state index in [1.165, 1.54) is 6.07 Å². The Morgan fingerprint density at radius 1 is 1.53 bits per heavy atom. The summed E-state index contributed by atoms with van der Waals surface area (Å²) in [5.74, 6) is -1.86. The van der Waals surface area contributed by atoms with Crippen LogP contribution in [0.4, 0.5) is 13.2 Å². The van der Waals surface area contributed by atoms with E-state index in [0.29, 0.717) is 6.07 Å². The van der Waals surface area contributed by atoms with Crippen molar-refractivity contribution < 1.29 is 27.4 Å². The molecule has 1 rings (SSSR count). The van der Waals surface area contributed by atoms with Crippen LogP contribution in [0.1, 0.15) is 16.1 Å². The van der Waals surface area contributed by atoms with Crippen LogP contribution >= 0.6 is 0 Å². The first kappa shape index (κ1) is 12.8. The molecule has 0 fully saturated rings. The molecule has 0 radical (unpaired) electrons. The molecule has 0 saturated carbocycles. The van der Waals surface area contributed by atoms with Gasteiger partial charge in [-0.25, -0.2) is 9.78 Å². The summed E-state index contributed by atoms with van der Waals surface area (Å²) in [6.07, 6.45) is -4.19. The maximum absolute atomic E-state index is 12.0. The molecule has 0 aliphatic heterocycles. The Labute approximate surface area is 93.4 Å². The van der Waals surface area contributed by atoms with E-state index in [1.54, 1.807) is 0 Å². The van der Waals surface area contributed by atoms with E-state index in [4.69, 9.17) is 5.26 Å². The second-order valence-electron chi connectivity index (χ2n) is 2.72. The van der Waals surface area contributed by atoms with Crippen molar-refractivity contribution in [1.82, 2.24) is 4.98 Å². The van der Waals surface area contributed by atoms with E-state index in [0.717, 1.165) is 13.3 Å². The maximum Gasteiger partial charge on any atom is 0.573 e. The molecule has 1 aromatic rings. The number of nitriles is 1. The number of nitrogens with zero attached hydrogens (tertiary/aromatic N) is 2. The first-order valence-electron chi connectivity index (χ1n) is 4.11. The minimum absolute atomic E-state index is 0.308. The van der Waals surface area contributed by atoms with Crippen LogP contribution in [0.3, 0.4) is 0 Å². The van der Waals surface area contributed by atoms with Gasteiger partial charge in [-0.2, -0.15) is 5.26 Å². The normalized spacial score (nSPS) is 10.5. The number of hydrogen-bond donors (Lipinski definition) is 0. The van der Waals surface area contributed by atoms with Crippen molar-refractivity contribution >= 4 is 5.97 Å². The minimum atomic E-state index is -4.98. The van der Waals surface area contributed by atoms with Gasteiger partial charge in [0.05, 0.1) is 7.11 Å². The van der Waals surface area contributed by atoms with E-state index in [-0.39, 0.29) is 5.69 Å². The molecule has 90 valence electrons. The molecule has 1 aromatic heterocycles. The Balaban J connectivity index is 3.22. The Morgan fingerprint density at radius 2 is 2.18 bits per heavy atom. The number of rotatable bonds is 2. The van der Waals surface area contributed by atoms with Gasteiger partial charge in [0.2, 0.25) is 0 Å². The highest BCUT2D eigenvalue weighted by Gasteiger charge is 2.33. The number of pyridine rings is 1. The summed E-state index contributed by atoms with van der Waals surface area (Å²) in [6, 6.07) is 2.23. The van der Waals surface area contributed by atoms with Crippen LogP contribution < -0.4 is 4.74 Å². The van der Waals surface area contributed by atoms with Crippen molar-refractivity contribution in [3.05, 3.63) is 23.5 Å². The molecule has 0 bridgehead atoms. The molecule has 0 unspecified atom stereocenters. The Hall–Kier alpha value is -2.30. The van der Waals surface area contributed by atoms with Gasteiger partial charge in [-0.05, 0) is 0 Å². The van der Waals surface area contributed by atoms with E-state index in [2.05, 4.69) is 14.5 Å². The van der Waals surface area contributed by atoms with Gasteiger partial charge in [0.1, 0.15) is 23.1 Å². The van der Waals surface area contributed by atoms with Crippen molar-refractivity contribution in [2.24, 2.45) is 0 Å². The molecule has 1 heterocycles. The lowest BCUT2D eigenvalue weighted by Gasteiger charge is -2.11. The highest BCUT2D eigenvalue weighted by molar-refractivity contribution is 5.92. The van der Waals surface area contributed by atoms with Crippen LogP contribution in [0, 0.1) is 11.3 Å². The van der Waals surface area contributed by atoms with Crippen LogP contribution in [0.5, 0.6) is 5.75 Å². The minimum Gasteiger partial charge on any atom is -0.465 e. The van der Waals surface area contributed by atoms with Crippen LogP contribution in [-0.4, -0.2) is 24.4 Å². The van der Waals surface area contributed by atoms with E-state index >= 15 is 0 Å². The van der Waals surface area contributed by atoms with Crippen molar-refractivity contribution in [3.63, 3.8) is 0 Å². The number of ether oxygens (including phenoxy) is 2. The fourth-order valence-electron chi connectivity index (χ4n) is 0.970. The van der Waals surface area contributed by atoms with Gasteiger partial charge >= 0.3 is 12.3 Å². The summed E-state index contributed by atoms with van der Waals surface area (Å²) in [4.78, 5) is 14.6. The zero-order valence-corrected chi connectivity index (χ0v) is 8.41. The van der Waals surface area contributed by atoms with Gasteiger partial charge in [-0.15, -0.1) is 13.2 Å². The van der Waals surface area contributed by atoms with Crippen molar-refractivity contribution in [1.29, 1.82) is 5.26 Å². The number of halogens is 3. The van der Waals surface area contributed by atoms with Crippen LogP contribution in [0.25, 0.3) is 0 Å². The molecule has 0 saturated heterocycles. The fourth-order valence-corrected chi connectivity index (χ4v) is 0.970. The lowest BCUT2D eigenvalue weighted by atomic mass is 10.2. The second-order valence-corrected chi connectivity index (χ2v) is 2.72. The molecular formula is C9H5F3N2O3. The summed E-state index contributed by atoms with van der Waals surface area (Å²) in [7, 11) is 0.998. The first-order chi connectivity index (χ1) is 7.87. The fraction of sp³-hybridized carbons (Fsp3) is 0.222. The van der Waals surface area contributed by atoms with Crippen molar-refractivity contribution in [2.45, 2.75) is 6.36 Å². The molecule has 0 aliphatic carbocycles. The lowest BCUT2D eigenvalue weighted by Crippen LogP contribution is -2.19. The number of esters is 1. The molecule has 0 aromatic carbocycles. The molecule has 0 spiro atoms. The van der Waals surface area contributed by atoms with E-state index in [1.807, 2.05) is 0 Å². The molecule has 5 nitrogen and oxygen atoms in total. The van der Waals surface area contributed by atoms with Gasteiger partial charge in [-0.3, -0.25) is 0 Å². The van der Waals surface area contributed by atoms with Crippen LogP contribution in [0.2, 0.25) is 0 Å². The summed E-state index contributed by atoms with van der Waals surface area (Å²) < 4.78 is 44.0.